The molecule has 0 amide bonds. The molecule has 0 bridgehead atoms. The average molecular weight is 390 g/mol. The van der Waals surface area contributed by atoms with Crippen LogP contribution in [0.25, 0.3) is 33.0 Å². The summed E-state index contributed by atoms with van der Waals surface area (Å²) >= 11 is 0. The summed E-state index contributed by atoms with van der Waals surface area (Å²) in [7, 11) is -8.05. The van der Waals surface area contributed by atoms with Crippen molar-refractivity contribution in [3.8, 4) is 0 Å². The first-order valence-electron chi connectivity index (χ1n) is 6.79. The third kappa shape index (κ3) is 4.62. The van der Waals surface area contributed by atoms with Gasteiger partial charge in [0, 0.05) is 18.9 Å². The zero-order chi connectivity index (χ0) is 19.2. The van der Waals surface area contributed by atoms with Crippen LogP contribution in [-0.2, 0) is 20.0 Å². The minimum Gasteiger partial charge on any atom is -0.216 e. The predicted octanol–water partition coefficient (Wildman–Crippen LogP) is 3.86. The topological polar surface area (TPSA) is 166 Å². The highest BCUT2D eigenvalue weighted by atomic mass is 32.2. The van der Waals surface area contributed by atoms with Crippen molar-refractivity contribution in [1.82, 2.24) is 0 Å². The summed E-state index contributed by atoms with van der Waals surface area (Å²) in [6, 6.07) is 11.3. The molecule has 12 heteroatoms. The zero-order valence-electron chi connectivity index (χ0n) is 12.9. The SMILES string of the molecule is [N-]=[N+]=NS(=O)(=O)c1ccc(/C=C/c2ccc(S(=O)(=O)N=[N+]=[N-])cc2)cc1. The van der Waals surface area contributed by atoms with Crippen LogP contribution in [0.2, 0.25) is 0 Å². The highest BCUT2D eigenvalue weighted by Gasteiger charge is 2.11. The first-order chi connectivity index (χ1) is 12.3. The van der Waals surface area contributed by atoms with Gasteiger partial charge < -0.3 is 0 Å². The molecule has 0 saturated carbocycles. The van der Waals surface area contributed by atoms with Crippen LogP contribution in [0.1, 0.15) is 11.1 Å². The molecule has 0 fully saturated rings. The molecule has 0 atom stereocenters. The van der Waals surface area contributed by atoms with E-state index >= 15 is 0 Å². The van der Waals surface area contributed by atoms with Gasteiger partial charge in [0.05, 0.1) is 9.79 Å². The van der Waals surface area contributed by atoms with Gasteiger partial charge in [0.1, 0.15) is 0 Å². The molecule has 0 spiro atoms. The van der Waals surface area contributed by atoms with E-state index in [0.717, 1.165) is 0 Å². The molecule has 0 aliphatic heterocycles. The van der Waals surface area contributed by atoms with E-state index < -0.39 is 20.0 Å². The smallest absolute Gasteiger partial charge is 0.216 e. The fourth-order valence-electron chi connectivity index (χ4n) is 1.88. The highest BCUT2D eigenvalue weighted by Crippen LogP contribution is 2.17. The quantitative estimate of drug-likeness (QED) is 0.316. The summed E-state index contributed by atoms with van der Waals surface area (Å²) in [4.78, 5) is 4.29. The maximum atomic E-state index is 11.6. The summed E-state index contributed by atoms with van der Waals surface area (Å²) in [6.07, 6.45) is 3.36. The van der Waals surface area contributed by atoms with Crippen LogP contribution in [-0.4, -0.2) is 16.8 Å². The molecule has 0 N–H and O–H groups in total. The second-order valence-electron chi connectivity index (χ2n) is 4.76. The Balaban J connectivity index is 2.20. The Labute approximate surface area is 148 Å². The molecule has 0 saturated heterocycles. The van der Waals surface area contributed by atoms with E-state index in [4.69, 9.17) is 11.1 Å². The lowest BCUT2D eigenvalue weighted by molar-refractivity contribution is 0.595. The molecule has 132 valence electrons. The van der Waals surface area contributed by atoms with E-state index in [0.29, 0.717) is 11.1 Å². The maximum absolute atomic E-state index is 11.6. The second-order valence-corrected chi connectivity index (χ2v) is 7.93. The summed E-state index contributed by atoms with van der Waals surface area (Å²) in [5.41, 5.74) is 17.8. The first-order valence-corrected chi connectivity index (χ1v) is 9.67. The van der Waals surface area contributed by atoms with Crippen molar-refractivity contribution < 1.29 is 16.8 Å². The highest BCUT2D eigenvalue weighted by molar-refractivity contribution is 7.90. The lowest BCUT2D eigenvalue weighted by Crippen LogP contribution is -1.94. The molecule has 26 heavy (non-hydrogen) atoms. The fraction of sp³-hybridized carbons (Fsp3) is 0. The van der Waals surface area contributed by atoms with E-state index in [-0.39, 0.29) is 9.79 Å². The van der Waals surface area contributed by atoms with Gasteiger partial charge in [0.15, 0.2) is 0 Å². The van der Waals surface area contributed by atoms with Crippen molar-refractivity contribution in [3.05, 3.63) is 80.5 Å². The second kappa shape index (κ2) is 7.72. The van der Waals surface area contributed by atoms with E-state index in [1.54, 1.807) is 12.2 Å². The summed E-state index contributed by atoms with van der Waals surface area (Å²) in [5, 5.41) is 0. The average Bonchev–Trinajstić information content (AvgIpc) is 2.60. The number of rotatable bonds is 6. The lowest BCUT2D eigenvalue weighted by atomic mass is 10.1. The van der Waals surface area contributed by atoms with Crippen molar-refractivity contribution >= 4 is 32.2 Å². The molecule has 0 heterocycles. The maximum Gasteiger partial charge on any atom is 0.264 e. The van der Waals surface area contributed by atoms with Crippen LogP contribution in [0.3, 0.4) is 0 Å². The molecule has 10 nitrogen and oxygen atoms in total. The van der Waals surface area contributed by atoms with Gasteiger partial charge >= 0.3 is 0 Å². The number of sulfonamides is 2. The summed E-state index contributed by atoms with van der Waals surface area (Å²) < 4.78 is 51.8. The van der Waals surface area contributed by atoms with Gasteiger partial charge in [-0.2, -0.15) is 0 Å². The Hall–Kier alpha value is -3.30. The standard InChI is InChI=1S/C14H10N6O4S2/c15-17-19-25(21,22)13-7-3-11(4-8-13)1-2-12-5-9-14(10-6-12)26(23,24)20-18-16/h1-10H/b2-1+. The van der Waals surface area contributed by atoms with E-state index in [1.807, 2.05) is 0 Å². The van der Waals surface area contributed by atoms with Crippen LogP contribution in [0.4, 0.5) is 0 Å². The van der Waals surface area contributed by atoms with Gasteiger partial charge in [-0.1, -0.05) is 36.4 Å². The molecule has 2 rings (SSSR count). The van der Waals surface area contributed by atoms with Gasteiger partial charge in [-0.15, -0.1) is 0 Å². The van der Waals surface area contributed by atoms with Crippen LogP contribution in [0.15, 0.2) is 67.4 Å². The Morgan fingerprint density at radius 2 is 0.962 bits per heavy atom. The Bertz CT molecular complexity index is 1050. The third-order valence-electron chi connectivity index (χ3n) is 3.11. The van der Waals surface area contributed by atoms with Crippen LogP contribution in [0.5, 0.6) is 0 Å². The van der Waals surface area contributed by atoms with Crippen molar-refractivity contribution in [2.24, 2.45) is 9.04 Å². The Morgan fingerprint density at radius 3 is 1.23 bits per heavy atom. The van der Waals surface area contributed by atoms with E-state index in [1.165, 1.54) is 48.5 Å². The molecule has 0 aliphatic rings. The van der Waals surface area contributed by atoms with Crippen LogP contribution in [0, 0.1) is 0 Å². The summed E-state index contributed by atoms with van der Waals surface area (Å²) in [5.74, 6) is 0. The number of hydrogen-bond donors (Lipinski definition) is 0. The van der Waals surface area contributed by atoms with Crippen LogP contribution < -0.4 is 0 Å². The van der Waals surface area contributed by atoms with E-state index in [2.05, 4.69) is 18.9 Å². The molecular weight excluding hydrogens is 380 g/mol. The minimum absolute atomic E-state index is 0.125. The molecule has 0 aliphatic carbocycles. The molecule has 0 unspecified atom stereocenters. The predicted molar refractivity (Wildman–Crippen MR) is 94.5 cm³/mol. The van der Waals surface area contributed by atoms with Gasteiger partial charge in [-0.05, 0) is 46.5 Å². The Kier molecular flexibility index (Phi) is 5.65. The van der Waals surface area contributed by atoms with Gasteiger partial charge in [0.25, 0.3) is 20.0 Å². The van der Waals surface area contributed by atoms with Crippen molar-refractivity contribution in [2.75, 3.05) is 0 Å². The van der Waals surface area contributed by atoms with Crippen molar-refractivity contribution in [3.63, 3.8) is 0 Å². The van der Waals surface area contributed by atoms with Gasteiger partial charge in [0.2, 0.25) is 0 Å². The normalized spacial score (nSPS) is 11.5. The van der Waals surface area contributed by atoms with Crippen molar-refractivity contribution in [1.29, 1.82) is 0 Å². The first kappa shape index (κ1) is 19.0. The molecule has 0 aromatic heterocycles. The zero-order valence-corrected chi connectivity index (χ0v) is 14.5. The largest absolute Gasteiger partial charge is 0.264 e. The molecule has 2 aromatic rings. The molecule has 0 radical (unpaired) electrons. The Morgan fingerprint density at radius 1 is 0.654 bits per heavy atom. The monoisotopic (exact) mass is 390 g/mol. The fourth-order valence-corrected chi connectivity index (χ4v) is 3.23. The van der Waals surface area contributed by atoms with Crippen LogP contribution >= 0.6 is 0 Å². The number of benzene rings is 2. The molecular formula is C14H10N6O4S2. The molecule has 2 aromatic carbocycles. The summed E-state index contributed by atoms with van der Waals surface area (Å²) in [6.45, 7) is 0. The van der Waals surface area contributed by atoms with E-state index in [9.17, 15) is 16.8 Å². The van der Waals surface area contributed by atoms with Crippen molar-refractivity contribution in [2.45, 2.75) is 9.79 Å². The lowest BCUT2D eigenvalue weighted by Gasteiger charge is -2.00. The van der Waals surface area contributed by atoms with Gasteiger partial charge in [-0.25, -0.2) is 16.8 Å². The minimum atomic E-state index is -4.02. The van der Waals surface area contributed by atoms with Gasteiger partial charge in [-0.3, -0.25) is 0 Å². The number of hydrogen-bond acceptors (Lipinski definition) is 4. The third-order valence-corrected chi connectivity index (χ3v) is 5.42. The number of nitrogens with zero attached hydrogens (tertiary/aromatic N) is 6. The number of azide groups is 2.